The summed E-state index contributed by atoms with van der Waals surface area (Å²) < 4.78 is 41.2. The predicted molar refractivity (Wildman–Crippen MR) is 93.2 cm³/mol. The van der Waals surface area contributed by atoms with Gasteiger partial charge >= 0.3 is 12.0 Å². The third-order valence-electron chi connectivity index (χ3n) is 4.36. The van der Waals surface area contributed by atoms with Crippen molar-refractivity contribution in [3.05, 3.63) is 69.0 Å². The Hall–Kier alpha value is -3.41. The lowest BCUT2D eigenvalue weighted by Gasteiger charge is -2.33. The lowest BCUT2D eigenvalue weighted by atomic mass is 10.1. The molecule has 29 heavy (non-hydrogen) atoms. The molecule has 0 radical (unpaired) electrons. The summed E-state index contributed by atoms with van der Waals surface area (Å²) in [4.78, 5) is 22.7. The molecular formula is C17H16F3N5O4. The zero-order valence-electron chi connectivity index (χ0n) is 15.3. The van der Waals surface area contributed by atoms with E-state index in [9.17, 15) is 33.2 Å². The Labute approximate surface area is 162 Å². The van der Waals surface area contributed by atoms with Crippen LogP contribution >= 0.6 is 0 Å². The molecule has 2 heterocycles. The van der Waals surface area contributed by atoms with Crippen molar-refractivity contribution in [3.8, 4) is 0 Å². The molecule has 0 saturated heterocycles. The molecule has 2 N–H and O–H groups in total. The Morgan fingerprint density at radius 1 is 1.31 bits per heavy atom. The number of alkyl halides is 3. The number of benzene rings is 1. The summed E-state index contributed by atoms with van der Waals surface area (Å²) in [6.07, 6.45) is -4.58. The molecule has 0 aliphatic carbocycles. The van der Waals surface area contributed by atoms with E-state index < -0.39 is 22.7 Å². The van der Waals surface area contributed by atoms with Crippen molar-refractivity contribution in [2.75, 3.05) is 0 Å². The lowest BCUT2D eigenvalue weighted by molar-refractivity contribution is -0.389. The van der Waals surface area contributed by atoms with Crippen molar-refractivity contribution in [2.24, 2.45) is 0 Å². The normalized spacial score (nSPS) is 19.1. The van der Waals surface area contributed by atoms with Crippen LogP contribution in [0.3, 0.4) is 0 Å². The summed E-state index contributed by atoms with van der Waals surface area (Å²) in [6.45, 7) is 3.10. The van der Waals surface area contributed by atoms with E-state index in [1.807, 2.05) is 0 Å². The second kappa shape index (κ2) is 6.88. The van der Waals surface area contributed by atoms with Gasteiger partial charge in [-0.05, 0) is 42.5 Å². The Bertz CT molecular complexity index is 999. The van der Waals surface area contributed by atoms with Gasteiger partial charge in [0.25, 0.3) is 11.6 Å². The van der Waals surface area contributed by atoms with E-state index in [-0.39, 0.29) is 28.6 Å². The molecule has 1 aromatic heterocycles. The number of hydrogen-bond acceptors (Lipinski definition) is 6. The molecule has 1 aliphatic rings. The van der Waals surface area contributed by atoms with E-state index in [1.165, 1.54) is 41.9 Å². The molecular weight excluding hydrogens is 395 g/mol. The Kier molecular flexibility index (Phi) is 4.82. The number of nitrogens with zero attached hydrogens (tertiary/aromatic N) is 4. The standard InChI is InChI=1S/C17H16F3N5O4/c1-10-8-16(27,17(18,19)20)24(21-10)15(26)13-5-3-12(4-6-13)9-23-11(2)7-14(22-23)25(28)29/h3-8,21,27H,9H2,1-2H3. The fourth-order valence-electron chi connectivity index (χ4n) is 2.87. The van der Waals surface area contributed by atoms with E-state index in [2.05, 4.69) is 10.5 Å². The molecule has 0 saturated carbocycles. The summed E-state index contributed by atoms with van der Waals surface area (Å²) in [5, 5.41) is 24.7. The highest BCUT2D eigenvalue weighted by Gasteiger charge is 2.61. The van der Waals surface area contributed by atoms with Crippen molar-refractivity contribution < 1.29 is 28.0 Å². The Morgan fingerprint density at radius 2 is 1.93 bits per heavy atom. The Balaban J connectivity index is 1.80. The molecule has 1 aromatic carbocycles. The van der Waals surface area contributed by atoms with Gasteiger partial charge in [-0.25, -0.2) is 5.01 Å². The van der Waals surface area contributed by atoms with Crippen LogP contribution in [0.2, 0.25) is 0 Å². The van der Waals surface area contributed by atoms with Crippen molar-refractivity contribution >= 4 is 11.7 Å². The maximum atomic E-state index is 13.3. The number of amides is 1. The second-order valence-corrected chi connectivity index (χ2v) is 6.56. The number of nitrogens with one attached hydrogen (secondary N) is 1. The van der Waals surface area contributed by atoms with Gasteiger partial charge < -0.3 is 15.2 Å². The van der Waals surface area contributed by atoms with Crippen molar-refractivity contribution in [2.45, 2.75) is 32.3 Å². The van der Waals surface area contributed by atoms with Gasteiger partial charge in [0.2, 0.25) is 0 Å². The molecule has 0 bridgehead atoms. The molecule has 9 nitrogen and oxygen atoms in total. The molecule has 1 aliphatic heterocycles. The van der Waals surface area contributed by atoms with Gasteiger partial charge in [0.05, 0.1) is 23.4 Å². The summed E-state index contributed by atoms with van der Waals surface area (Å²) in [7, 11) is 0. The van der Waals surface area contributed by atoms with E-state index >= 15 is 0 Å². The smallest absolute Gasteiger partial charge is 0.359 e. The maximum absolute atomic E-state index is 13.3. The first-order valence-electron chi connectivity index (χ1n) is 8.30. The van der Waals surface area contributed by atoms with Gasteiger partial charge in [-0.2, -0.15) is 17.9 Å². The number of allylic oxidation sites excluding steroid dienone is 1. The highest BCUT2D eigenvalue weighted by molar-refractivity contribution is 5.95. The van der Waals surface area contributed by atoms with Crippen molar-refractivity contribution in [1.29, 1.82) is 0 Å². The second-order valence-electron chi connectivity index (χ2n) is 6.56. The van der Waals surface area contributed by atoms with Crippen molar-refractivity contribution in [1.82, 2.24) is 20.2 Å². The molecule has 3 rings (SSSR count). The minimum atomic E-state index is -5.10. The first kappa shape index (κ1) is 20.3. The maximum Gasteiger partial charge on any atom is 0.442 e. The summed E-state index contributed by atoms with van der Waals surface area (Å²) in [6, 6.07) is 6.89. The van der Waals surface area contributed by atoms with E-state index in [0.29, 0.717) is 17.3 Å². The summed E-state index contributed by atoms with van der Waals surface area (Å²) in [5.74, 6) is -1.38. The number of carbonyl (C=O) groups is 1. The zero-order valence-corrected chi connectivity index (χ0v) is 15.3. The third-order valence-corrected chi connectivity index (χ3v) is 4.36. The summed E-state index contributed by atoms with van der Waals surface area (Å²) in [5.41, 5.74) is -0.176. The quantitative estimate of drug-likeness (QED) is 0.589. The van der Waals surface area contributed by atoms with Gasteiger partial charge in [0.15, 0.2) is 0 Å². The van der Waals surface area contributed by atoms with Gasteiger partial charge in [0, 0.05) is 11.3 Å². The zero-order chi connectivity index (χ0) is 21.6. The number of aromatic nitrogens is 2. The lowest BCUT2D eigenvalue weighted by Crippen LogP contribution is -2.60. The average Bonchev–Trinajstić information content (AvgIpc) is 3.15. The van der Waals surface area contributed by atoms with Crippen molar-refractivity contribution in [3.63, 3.8) is 0 Å². The van der Waals surface area contributed by atoms with E-state index in [1.54, 1.807) is 6.92 Å². The van der Waals surface area contributed by atoms with Crippen LogP contribution in [0.15, 0.2) is 42.1 Å². The molecule has 2 aromatic rings. The van der Waals surface area contributed by atoms with Crippen LogP contribution in [0.4, 0.5) is 19.0 Å². The van der Waals surface area contributed by atoms with Crippen LogP contribution in [0.1, 0.15) is 28.5 Å². The first-order valence-corrected chi connectivity index (χ1v) is 8.30. The van der Waals surface area contributed by atoms with E-state index in [0.717, 1.165) is 0 Å². The minimum absolute atomic E-state index is 0.0226. The van der Waals surface area contributed by atoms with E-state index in [4.69, 9.17) is 0 Å². The van der Waals surface area contributed by atoms with Gasteiger partial charge in [-0.1, -0.05) is 12.1 Å². The number of aliphatic hydroxyl groups is 1. The number of hydrogen-bond donors (Lipinski definition) is 2. The number of hydrazine groups is 1. The van der Waals surface area contributed by atoms with Crippen LogP contribution in [0.5, 0.6) is 0 Å². The fourth-order valence-corrected chi connectivity index (χ4v) is 2.87. The Morgan fingerprint density at radius 3 is 2.45 bits per heavy atom. The topological polar surface area (TPSA) is 114 Å². The number of aryl methyl sites for hydroxylation is 1. The average molecular weight is 411 g/mol. The van der Waals surface area contributed by atoms with Crippen LogP contribution in [-0.4, -0.2) is 42.6 Å². The van der Waals surface area contributed by atoms with Gasteiger partial charge in [0.1, 0.15) is 0 Å². The highest BCUT2D eigenvalue weighted by Crippen LogP contribution is 2.38. The third kappa shape index (κ3) is 3.66. The minimum Gasteiger partial charge on any atom is -0.359 e. The molecule has 1 atom stereocenters. The SMILES string of the molecule is CC1=CC(O)(C(F)(F)F)N(C(=O)c2ccc(Cn3nc([N+](=O)[O-])cc3C)cc2)N1. The molecule has 12 heteroatoms. The monoisotopic (exact) mass is 411 g/mol. The molecule has 154 valence electrons. The van der Waals surface area contributed by atoms with Crippen LogP contribution < -0.4 is 5.43 Å². The molecule has 0 fully saturated rings. The van der Waals surface area contributed by atoms with Crippen LogP contribution in [0, 0.1) is 17.0 Å². The predicted octanol–water partition coefficient (Wildman–Crippen LogP) is 2.26. The fraction of sp³-hybridized carbons (Fsp3) is 0.294. The highest BCUT2D eigenvalue weighted by atomic mass is 19.4. The summed E-state index contributed by atoms with van der Waals surface area (Å²) >= 11 is 0. The molecule has 1 unspecified atom stereocenters. The van der Waals surface area contributed by atoms with Gasteiger partial charge in [-0.15, -0.1) is 0 Å². The number of halogens is 3. The van der Waals surface area contributed by atoms with Gasteiger partial charge in [-0.3, -0.25) is 10.2 Å². The van der Waals surface area contributed by atoms with Crippen LogP contribution in [0.25, 0.3) is 0 Å². The largest absolute Gasteiger partial charge is 0.442 e. The molecule has 1 amide bonds. The number of rotatable bonds is 4. The first-order chi connectivity index (χ1) is 13.4. The number of nitro groups is 1. The van der Waals surface area contributed by atoms with Crippen LogP contribution in [-0.2, 0) is 6.54 Å². The number of carbonyl (C=O) groups excluding carboxylic acids is 1. The molecule has 0 spiro atoms.